The van der Waals surface area contributed by atoms with Crippen LogP contribution in [0, 0.1) is 18.3 Å². The van der Waals surface area contributed by atoms with Gasteiger partial charge in [0.1, 0.15) is 23.3 Å². The molecular weight excluding hydrogens is 226 g/mol. The molecule has 0 saturated carbocycles. The van der Waals surface area contributed by atoms with Crippen LogP contribution in [0.25, 0.3) is 0 Å². The fraction of sp³-hybridized carbons (Fsp3) is 0.133. The van der Waals surface area contributed by atoms with Crippen LogP contribution in [0.2, 0.25) is 0 Å². The third kappa shape index (κ3) is 2.61. The van der Waals surface area contributed by atoms with Crippen LogP contribution in [-0.2, 0) is 0 Å². The summed E-state index contributed by atoms with van der Waals surface area (Å²) in [6.07, 6.45) is 0. The summed E-state index contributed by atoms with van der Waals surface area (Å²) in [5.41, 5.74) is 1.58. The molecule has 2 aromatic carbocycles. The van der Waals surface area contributed by atoms with E-state index >= 15 is 0 Å². The van der Waals surface area contributed by atoms with Crippen molar-refractivity contribution in [3.63, 3.8) is 0 Å². The highest BCUT2D eigenvalue weighted by molar-refractivity contribution is 5.47. The molecule has 0 saturated heterocycles. The highest BCUT2D eigenvalue weighted by atomic mass is 16.5. The molecule has 0 fully saturated rings. The Morgan fingerprint density at radius 2 is 1.67 bits per heavy atom. The van der Waals surface area contributed by atoms with Crippen molar-refractivity contribution in [3.8, 4) is 23.3 Å². The van der Waals surface area contributed by atoms with Gasteiger partial charge >= 0.3 is 0 Å². The Bertz CT molecular complexity index is 582. The minimum absolute atomic E-state index is 0.524. The number of methoxy groups -OCH3 is 1. The van der Waals surface area contributed by atoms with E-state index in [1.807, 2.05) is 43.3 Å². The van der Waals surface area contributed by atoms with Gasteiger partial charge in [0, 0.05) is 0 Å². The Hall–Kier alpha value is -2.47. The summed E-state index contributed by atoms with van der Waals surface area (Å²) in [5.74, 6) is 2.02. The second-order valence-corrected chi connectivity index (χ2v) is 3.89. The summed E-state index contributed by atoms with van der Waals surface area (Å²) < 4.78 is 10.8. The van der Waals surface area contributed by atoms with Crippen LogP contribution >= 0.6 is 0 Å². The first-order valence-corrected chi connectivity index (χ1v) is 5.55. The zero-order valence-corrected chi connectivity index (χ0v) is 10.3. The van der Waals surface area contributed by atoms with Gasteiger partial charge in [-0.2, -0.15) is 5.26 Å². The van der Waals surface area contributed by atoms with Crippen LogP contribution in [0.4, 0.5) is 0 Å². The van der Waals surface area contributed by atoms with Gasteiger partial charge < -0.3 is 9.47 Å². The van der Waals surface area contributed by atoms with E-state index in [0.29, 0.717) is 17.1 Å². The maximum atomic E-state index is 9.02. The van der Waals surface area contributed by atoms with Crippen LogP contribution in [0.5, 0.6) is 17.2 Å². The zero-order chi connectivity index (χ0) is 13.0. The van der Waals surface area contributed by atoms with Gasteiger partial charge in [-0.05, 0) is 48.9 Å². The summed E-state index contributed by atoms with van der Waals surface area (Å²) in [7, 11) is 1.62. The smallest absolute Gasteiger partial charge is 0.145 e. The predicted octanol–water partition coefficient (Wildman–Crippen LogP) is 3.67. The molecule has 0 heterocycles. The highest BCUT2D eigenvalue weighted by Gasteiger charge is 2.05. The molecule has 3 nitrogen and oxygen atoms in total. The Balaban J connectivity index is 2.27. The Labute approximate surface area is 106 Å². The van der Waals surface area contributed by atoms with Crippen molar-refractivity contribution in [1.29, 1.82) is 5.26 Å². The molecule has 18 heavy (non-hydrogen) atoms. The molecule has 0 atom stereocenters. The van der Waals surface area contributed by atoms with Crippen LogP contribution < -0.4 is 9.47 Å². The molecule has 0 aliphatic carbocycles. The zero-order valence-electron chi connectivity index (χ0n) is 10.3. The van der Waals surface area contributed by atoms with Crippen molar-refractivity contribution < 1.29 is 9.47 Å². The average molecular weight is 239 g/mol. The van der Waals surface area contributed by atoms with E-state index in [0.717, 1.165) is 11.3 Å². The second-order valence-electron chi connectivity index (χ2n) is 3.89. The van der Waals surface area contributed by atoms with Crippen LogP contribution in [-0.4, -0.2) is 7.11 Å². The molecule has 0 aliphatic rings. The molecule has 0 amide bonds. The van der Waals surface area contributed by atoms with Crippen molar-refractivity contribution in [2.75, 3.05) is 7.11 Å². The van der Waals surface area contributed by atoms with Gasteiger partial charge in [0.05, 0.1) is 12.7 Å². The lowest BCUT2D eigenvalue weighted by Crippen LogP contribution is -1.89. The summed E-state index contributed by atoms with van der Waals surface area (Å²) in [5, 5.41) is 9.02. The van der Waals surface area contributed by atoms with E-state index in [1.165, 1.54) is 0 Å². The molecule has 0 spiro atoms. The molecule has 0 bridgehead atoms. The summed E-state index contributed by atoms with van der Waals surface area (Å²) >= 11 is 0. The van der Waals surface area contributed by atoms with Gasteiger partial charge in [0.2, 0.25) is 0 Å². The summed E-state index contributed by atoms with van der Waals surface area (Å²) in [6.45, 7) is 1.96. The molecule has 0 aliphatic heterocycles. The third-order valence-corrected chi connectivity index (χ3v) is 2.54. The molecule has 0 radical (unpaired) electrons. The highest BCUT2D eigenvalue weighted by Crippen LogP contribution is 2.27. The number of nitriles is 1. The van der Waals surface area contributed by atoms with Crippen molar-refractivity contribution in [2.24, 2.45) is 0 Å². The lowest BCUT2D eigenvalue weighted by Gasteiger charge is -2.08. The predicted molar refractivity (Wildman–Crippen MR) is 69.0 cm³/mol. The van der Waals surface area contributed by atoms with Crippen LogP contribution in [0.1, 0.15) is 11.1 Å². The van der Waals surface area contributed by atoms with Gasteiger partial charge in [-0.15, -0.1) is 0 Å². The van der Waals surface area contributed by atoms with E-state index in [2.05, 4.69) is 6.07 Å². The van der Waals surface area contributed by atoms with Crippen molar-refractivity contribution in [1.82, 2.24) is 0 Å². The Morgan fingerprint density at radius 3 is 2.28 bits per heavy atom. The first kappa shape index (κ1) is 12.0. The number of rotatable bonds is 3. The van der Waals surface area contributed by atoms with Crippen molar-refractivity contribution in [3.05, 3.63) is 53.6 Å². The van der Waals surface area contributed by atoms with Crippen LogP contribution in [0.3, 0.4) is 0 Å². The second kappa shape index (κ2) is 5.24. The lowest BCUT2D eigenvalue weighted by atomic mass is 10.1. The standard InChI is InChI=1S/C15H13NO2/c1-11-3-4-12(10-16)15(9-11)18-14-7-5-13(17-2)6-8-14/h3-9H,1-2H3. The third-order valence-electron chi connectivity index (χ3n) is 2.54. The molecule has 0 N–H and O–H groups in total. The van der Waals surface area contributed by atoms with E-state index in [1.54, 1.807) is 13.2 Å². The van der Waals surface area contributed by atoms with E-state index in [9.17, 15) is 0 Å². The Kier molecular flexibility index (Phi) is 3.49. The summed E-state index contributed by atoms with van der Waals surface area (Å²) in [6, 6.07) is 14.9. The van der Waals surface area contributed by atoms with Gasteiger partial charge in [-0.3, -0.25) is 0 Å². The first-order valence-electron chi connectivity index (χ1n) is 5.55. The number of hydrogen-bond donors (Lipinski definition) is 0. The molecule has 0 unspecified atom stereocenters. The quantitative estimate of drug-likeness (QED) is 0.820. The molecular formula is C15H13NO2. The average Bonchev–Trinajstić information content (AvgIpc) is 2.40. The van der Waals surface area contributed by atoms with Crippen molar-refractivity contribution in [2.45, 2.75) is 6.92 Å². The number of hydrogen-bond acceptors (Lipinski definition) is 3. The molecule has 90 valence electrons. The topological polar surface area (TPSA) is 42.2 Å². The van der Waals surface area contributed by atoms with Gasteiger partial charge in [-0.25, -0.2) is 0 Å². The SMILES string of the molecule is COc1ccc(Oc2cc(C)ccc2C#N)cc1. The molecule has 2 rings (SSSR count). The number of nitrogens with zero attached hydrogens (tertiary/aromatic N) is 1. The van der Waals surface area contributed by atoms with Crippen LogP contribution in [0.15, 0.2) is 42.5 Å². The first-order chi connectivity index (χ1) is 8.72. The van der Waals surface area contributed by atoms with E-state index in [-0.39, 0.29) is 0 Å². The fourth-order valence-electron chi connectivity index (χ4n) is 1.58. The number of ether oxygens (including phenoxy) is 2. The molecule has 3 heteroatoms. The normalized spacial score (nSPS) is 9.61. The lowest BCUT2D eigenvalue weighted by molar-refractivity contribution is 0.413. The van der Waals surface area contributed by atoms with Crippen molar-refractivity contribution >= 4 is 0 Å². The molecule has 2 aromatic rings. The monoisotopic (exact) mass is 239 g/mol. The largest absolute Gasteiger partial charge is 0.497 e. The maximum Gasteiger partial charge on any atom is 0.145 e. The number of benzene rings is 2. The molecule has 0 aromatic heterocycles. The fourth-order valence-corrected chi connectivity index (χ4v) is 1.58. The number of aryl methyl sites for hydroxylation is 1. The minimum atomic E-state index is 0.524. The van der Waals surface area contributed by atoms with Gasteiger partial charge in [0.25, 0.3) is 0 Å². The van der Waals surface area contributed by atoms with E-state index < -0.39 is 0 Å². The van der Waals surface area contributed by atoms with Gasteiger partial charge in [0.15, 0.2) is 0 Å². The van der Waals surface area contributed by atoms with E-state index in [4.69, 9.17) is 14.7 Å². The Morgan fingerprint density at radius 1 is 1.00 bits per heavy atom. The maximum absolute atomic E-state index is 9.02. The summed E-state index contributed by atoms with van der Waals surface area (Å²) in [4.78, 5) is 0. The minimum Gasteiger partial charge on any atom is -0.497 e. The van der Waals surface area contributed by atoms with Gasteiger partial charge in [-0.1, -0.05) is 6.07 Å².